The molecule has 8 heteroatoms. The first-order valence-corrected chi connectivity index (χ1v) is 11.0. The first kappa shape index (κ1) is 21.5. The van der Waals surface area contributed by atoms with Gasteiger partial charge < -0.3 is 9.47 Å². The molecule has 1 aliphatic rings. The van der Waals surface area contributed by atoms with E-state index < -0.39 is 15.4 Å². The van der Waals surface area contributed by atoms with Gasteiger partial charge in [-0.25, -0.2) is 8.42 Å². The first-order chi connectivity index (χ1) is 12.8. The summed E-state index contributed by atoms with van der Waals surface area (Å²) < 4.78 is 38.9. The maximum Gasteiger partial charge on any atom is 0.268 e. The summed E-state index contributed by atoms with van der Waals surface area (Å²) in [5.74, 6) is 0.642. The number of anilines is 1. The average molecular weight is 428 g/mol. The fourth-order valence-corrected chi connectivity index (χ4v) is 5.08. The minimum absolute atomic E-state index is 0.0976. The number of nitrogens with one attached hydrogen (secondary N) is 1. The lowest BCUT2D eigenvalue weighted by atomic mass is 10.3. The number of hydrogen-bond donors (Lipinski definition) is 1. The Bertz CT molecular complexity index is 858. The maximum absolute atomic E-state index is 12.7. The monoisotopic (exact) mass is 427 g/mol. The molecule has 0 spiro atoms. The molecule has 1 aromatic carbocycles. The Morgan fingerprint density at radius 3 is 2.56 bits per heavy atom. The Balaban J connectivity index is 2.08. The van der Waals surface area contributed by atoms with Crippen LogP contribution in [0.25, 0.3) is 0 Å². The lowest BCUT2D eigenvalue weighted by Crippen LogP contribution is -2.17. The largest absolute Gasteiger partial charge is 0.497 e. The molecule has 0 aliphatic carbocycles. The van der Waals surface area contributed by atoms with Gasteiger partial charge in [0.05, 0.1) is 12.5 Å². The van der Waals surface area contributed by atoms with Crippen molar-refractivity contribution in [2.45, 2.75) is 25.3 Å². The van der Waals surface area contributed by atoms with Crippen molar-refractivity contribution in [2.75, 3.05) is 11.8 Å². The lowest BCUT2D eigenvalue weighted by Gasteiger charge is -2.20. The van der Waals surface area contributed by atoms with Crippen LogP contribution < -0.4 is 9.46 Å². The summed E-state index contributed by atoms with van der Waals surface area (Å²) in [6, 6.07) is 6.61. The minimum Gasteiger partial charge on any atom is -0.497 e. The van der Waals surface area contributed by atoms with Gasteiger partial charge in [0, 0.05) is 5.69 Å². The molecule has 0 saturated carbocycles. The molecule has 1 aromatic rings. The van der Waals surface area contributed by atoms with Gasteiger partial charge in [0.1, 0.15) is 16.1 Å². The number of hydrogen-bond acceptors (Lipinski definition) is 5. The zero-order valence-electron chi connectivity index (χ0n) is 15.3. The fourth-order valence-electron chi connectivity index (χ4n) is 2.10. The van der Waals surface area contributed by atoms with Gasteiger partial charge in [0.25, 0.3) is 10.0 Å². The van der Waals surface area contributed by atoms with Gasteiger partial charge in [0.15, 0.2) is 5.09 Å². The Morgan fingerprint density at radius 1 is 1.22 bits per heavy atom. The van der Waals surface area contributed by atoms with Crippen LogP contribution in [-0.2, 0) is 14.8 Å². The van der Waals surface area contributed by atoms with Crippen LogP contribution in [0.4, 0.5) is 5.69 Å². The maximum atomic E-state index is 12.7. The van der Waals surface area contributed by atoms with Gasteiger partial charge in [-0.1, -0.05) is 18.2 Å². The highest BCUT2D eigenvalue weighted by Crippen LogP contribution is 2.37. The Hall–Kier alpha value is -1.83. The van der Waals surface area contributed by atoms with Gasteiger partial charge in [-0.2, -0.15) is 0 Å². The van der Waals surface area contributed by atoms with E-state index in [0.29, 0.717) is 16.5 Å². The zero-order valence-corrected chi connectivity index (χ0v) is 17.6. The number of halogens is 1. The highest BCUT2D eigenvalue weighted by atomic mass is 35.5. The van der Waals surface area contributed by atoms with Crippen LogP contribution in [0.3, 0.4) is 0 Å². The molecule has 2 rings (SSSR count). The van der Waals surface area contributed by atoms with Crippen molar-refractivity contribution in [2.24, 2.45) is 0 Å². The van der Waals surface area contributed by atoms with Gasteiger partial charge in [0.2, 0.25) is 0 Å². The van der Waals surface area contributed by atoms with Gasteiger partial charge in [-0.15, -0.1) is 11.6 Å². The van der Waals surface area contributed by atoms with Crippen LogP contribution >= 0.6 is 23.4 Å². The molecule has 146 valence electrons. The number of allylic oxidation sites excluding steroid dienone is 5. The molecule has 0 radical (unpaired) electrons. The third kappa shape index (κ3) is 6.68. The molecule has 0 aromatic heterocycles. The quantitative estimate of drug-likeness (QED) is 0.466. The summed E-state index contributed by atoms with van der Waals surface area (Å²) in [5, 5.41) is -0.124. The molecule has 0 bridgehead atoms. The first-order valence-electron chi connectivity index (χ1n) is 8.22. The Morgan fingerprint density at radius 2 is 1.93 bits per heavy atom. The number of thioether (sulfide) groups is 1. The fraction of sp³-hybridized carbons (Fsp3) is 0.263. The Labute approximate surface area is 169 Å². The van der Waals surface area contributed by atoms with Crippen LogP contribution in [0.1, 0.15) is 13.8 Å². The second-order valence-corrected chi connectivity index (χ2v) is 9.05. The van der Waals surface area contributed by atoms with Crippen molar-refractivity contribution in [1.82, 2.24) is 0 Å². The number of methoxy groups -OCH3 is 1. The van der Waals surface area contributed by atoms with Crippen LogP contribution in [0, 0.1) is 0 Å². The van der Waals surface area contributed by atoms with E-state index in [4.69, 9.17) is 21.1 Å². The van der Waals surface area contributed by atoms with Crippen molar-refractivity contribution in [3.05, 3.63) is 70.0 Å². The van der Waals surface area contributed by atoms with Crippen LogP contribution in [0.2, 0.25) is 0 Å². The summed E-state index contributed by atoms with van der Waals surface area (Å²) in [7, 11) is -2.23. The molecule has 0 amide bonds. The number of ether oxygens (including phenoxy) is 2. The third-order valence-corrected chi connectivity index (χ3v) is 6.49. The molecule has 0 fully saturated rings. The zero-order chi connectivity index (χ0) is 19.9. The molecule has 27 heavy (non-hydrogen) atoms. The summed E-state index contributed by atoms with van der Waals surface area (Å²) >= 11 is 7.21. The predicted octanol–water partition coefficient (Wildman–Crippen LogP) is 5.01. The van der Waals surface area contributed by atoms with E-state index in [1.807, 2.05) is 38.2 Å². The standard InChI is InChI=1S/C19H22ClNO4S2/c1-4-5-6-7-14(2)25-18-12-15(20)13-19(26-18)27(22,23)21-16-8-10-17(24-3)11-9-16/h4-15,21H,1-3H3/b5-4-,7-6-. The van der Waals surface area contributed by atoms with E-state index in [1.165, 1.54) is 6.08 Å². The highest BCUT2D eigenvalue weighted by Gasteiger charge is 2.26. The summed E-state index contributed by atoms with van der Waals surface area (Å²) in [4.78, 5) is 0. The van der Waals surface area contributed by atoms with Crippen molar-refractivity contribution in [3.63, 3.8) is 0 Å². The normalized spacial score (nSPS) is 18.9. The minimum atomic E-state index is -3.78. The van der Waals surface area contributed by atoms with Crippen molar-refractivity contribution >= 4 is 39.1 Å². The van der Waals surface area contributed by atoms with Gasteiger partial charge >= 0.3 is 0 Å². The van der Waals surface area contributed by atoms with Gasteiger partial charge in [-0.3, -0.25) is 4.72 Å². The molecule has 1 aliphatic heterocycles. The van der Waals surface area contributed by atoms with Crippen molar-refractivity contribution < 1.29 is 17.9 Å². The third-order valence-electron chi connectivity index (χ3n) is 3.39. The molecular formula is C19H22ClNO4S2. The lowest BCUT2D eigenvalue weighted by molar-refractivity contribution is 0.193. The predicted molar refractivity (Wildman–Crippen MR) is 113 cm³/mol. The molecule has 2 unspecified atom stereocenters. The van der Waals surface area contributed by atoms with E-state index in [9.17, 15) is 8.42 Å². The summed E-state index contributed by atoms with van der Waals surface area (Å²) in [6.07, 6.45) is 10.5. The number of benzene rings is 1. The van der Waals surface area contributed by atoms with E-state index in [0.717, 1.165) is 11.8 Å². The summed E-state index contributed by atoms with van der Waals surface area (Å²) in [6.45, 7) is 3.79. The second-order valence-electron chi connectivity index (χ2n) is 5.59. The molecular weight excluding hydrogens is 406 g/mol. The molecule has 2 atom stereocenters. The number of rotatable bonds is 8. The van der Waals surface area contributed by atoms with E-state index >= 15 is 0 Å². The molecule has 1 heterocycles. The topological polar surface area (TPSA) is 64.6 Å². The van der Waals surface area contributed by atoms with Crippen LogP contribution in [-0.4, -0.2) is 27.0 Å². The highest BCUT2D eigenvalue weighted by molar-refractivity contribution is 8.21. The molecule has 5 nitrogen and oxygen atoms in total. The Kier molecular flexibility index (Phi) is 7.89. The van der Waals surface area contributed by atoms with Crippen LogP contribution in [0.15, 0.2) is 70.0 Å². The van der Waals surface area contributed by atoms with E-state index in [-0.39, 0.29) is 10.3 Å². The molecule has 0 saturated heterocycles. The van der Waals surface area contributed by atoms with E-state index in [2.05, 4.69) is 4.72 Å². The number of alkyl halides is 1. The molecule has 1 N–H and O–H groups in total. The second kappa shape index (κ2) is 9.92. The van der Waals surface area contributed by atoms with Crippen LogP contribution in [0.5, 0.6) is 5.75 Å². The SMILES string of the molecule is C/C=C\C=C/C(C)OC1=CC(Cl)C=C(S(=O)(=O)Nc2ccc(OC)cc2)S1. The average Bonchev–Trinajstić information content (AvgIpc) is 2.62. The van der Waals surface area contributed by atoms with E-state index in [1.54, 1.807) is 37.5 Å². The summed E-state index contributed by atoms with van der Waals surface area (Å²) in [5.41, 5.74) is 0.433. The number of sulfonamides is 1. The van der Waals surface area contributed by atoms with Crippen molar-refractivity contribution in [3.8, 4) is 5.75 Å². The van der Waals surface area contributed by atoms with Crippen molar-refractivity contribution in [1.29, 1.82) is 0 Å². The smallest absolute Gasteiger partial charge is 0.268 e. The van der Waals surface area contributed by atoms with Gasteiger partial charge in [-0.05, 0) is 68.1 Å².